The molecule has 95 heavy (non-hydrogen) atoms. The Bertz CT molecular complexity index is 3030. The second kappa shape index (κ2) is 71.9. The smallest absolute Gasteiger partial charge is 0.317 e. The normalized spacial score (nSPS) is 8.96. The van der Waals surface area contributed by atoms with Gasteiger partial charge in [-0.3, -0.25) is 37.5 Å². The summed E-state index contributed by atoms with van der Waals surface area (Å²) in [5, 5.41) is 29.6. The number of carbonyl (C=O) groups is 5. The van der Waals surface area contributed by atoms with Crippen molar-refractivity contribution < 1.29 is 173 Å². The fourth-order valence-corrected chi connectivity index (χ4v) is 5.89. The number of alkyl halides is 1. The number of nitrogens with one attached hydrogen (secondary N) is 2. The molecule has 548 valence electrons. The Morgan fingerprint density at radius 1 is 0.600 bits per heavy atom. The lowest BCUT2D eigenvalue weighted by Gasteiger charge is -2.18. The average molecular weight is 1560 g/mol. The Morgan fingerprint density at radius 2 is 0.958 bits per heavy atom. The van der Waals surface area contributed by atoms with Crippen LogP contribution in [0.2, 0.25) is 0 Å². The van der Waals surface area contributed by atoms with Crippen LogP contribution in [0.15, 0.2) is 107 Å². The first-order chi connectivity index (χ1) is 45.5. The van der Waals surface area contributed by atoms with Crippen molar-refractivity contribution in [3.63, 3.8) is 0 Å². The summed E-state index contributed by atoms with van der Waals surface area (Å²) in [5.41, 5.74) is 10.7. The largest absolute Gasteiger partial charge is 0.481 e. The third-order valence-corrected chi connectivity index (χ3v) is 8.83. The summed E-state index contributed by atoms with van der Waals surface area (Å²) in [6.45, 7) is 14.2. The van der Waals surface area contributed by atoms with E-state index in [0.29, 0.717) is 55.9 Å². The number of halogens is 28. The number of hydrogen-bond acceptors (Lipinski definition) is 14. The minimum atomic E-state index is -1.17. The Labute approximate surface area is 530 Å². The van der Waals surface area contributed by atoms with Gasteiger partial charge < -0.3 is 40.7 Å². The molecule has 0 aliphatic carbocycles. The molecule has 0 saturated heterocycles. The molecular weight excluding hydrogens is 1500 g/mol. The number of nitrogens with zero attached hydrogens (tertiary/aromatic N) is 7. The van der Waals surface area contributed by atoms with E-state index in [2.05, 4.69) is 35.9 Å². The average Bonchev–Trinajstić information content (AvgIpc) is 1.63. The second-order valence-corrected chi connectivity index (χ2v) is 16.5. The van der Waals surface area contributed by atoms with Crippen LogP contribution in [0.5, 0.6) is 0 Å². The second-order valence-electron chi connectivity index (χ2n) is 16.5. The van der Waals surface area contributed by atoms with Gasteiger partial charge in [-0.05, 0) is 108 Å². The predicted molar refractivity (Wildman–Crippen MR) is 293 cm³/mol. The molecule has 0 aliphatic heterocycles. The number of oxime groups is 1. The van der Waals surface area contributed by atoms with E-state index < -0.39 is 35.5 Å². The molecule has 0 unspecified atom stereocenters. The van der Waals surface area contributed by atoms with E-state index in [0.717, 1.165) is 11.1 Å². The molecule has 0 aliphatic rings. The van der Waals surface area contributed by atoms with Crippen molar-refractivity contribution in [2.45, 2.75) is 79.4 Å². The minimum absolute atomic E-state index is 0. The number of hydrogen-bond donors (Lipinski definition) is 5. The third-order valence-electron chi connectivity index (χ3n) is 8.83. The summed E-state index contributed by atoms with van der Waals surface area (Å²) in [6.07, 6.45) is 5.92. The molecular formula is C47H54F27IN10O10. The van der Waals surface area contributed by atoms with Crippen LogP contribution in [0.1, 0.15) is 92.9 Å². The lowest BCUT2D eigenvalue weighted by atomic mass is 10.1. The number of carboxylic acid groups (broad SMARTS) is 1. The summed E-state index contributed by atoms with van der Waals surface area (Å²) in [4.78, 5) is 71.2. The van der Waals surface area contributed by atoms with E-state index in [1.807, 2.05) is 85.0 Å². The number of benzene rings is 2. The molecule has 7 rings (SSSR count). The van der Waals surface area contributed by atoms with Crippen molar-refractivity contribution in [1.82, 2.24) is 28.9 Å². The van der Waals surface area contributed by atoms with Crippen molar-refractivity contribution in [1.29, 1.82) is 0 Å². The molecule has 0 saturated carbocycles. The van der Waals surface area contributed by atoms with Gasteiger partial charge in [0.25, 0.3) is 11.8 Å². The van der Waals surface area contributed by atoms with E-state index in [-0.39, 0.29) is 34.7 Å². The zero-order valence-electron chi connectivity index (χ0n) is 49.8. The summed E-state index contributed by atoms with van der Waals surface area (Å²) < 4.78 is 233. The summed E-state index contributed by atoms with van der Waals surface area (Å²) in [6, 6.07) is 21.6. The van der Waals surface area contributed by atoms with Crippen LogP contribution < -0.4 is 16.4 Å². The molecule has 0 radical (unpaired) electrons. The maximum absolute atomic E-state index is 12.9. The molecule has 6 N–H and O–H groups in total. The van der Waals surface area contributed by atoms with E-state index in [1.54, 1.807) is 87.0 Å². The molecule has 0 fully saturated rings. The number of pyridine rings is 2. The van der Waals surface area contributed by atoms with Gasteiger partial charge in [0.05, 0.1) is 12.4 Å². The number of carbonyl (C=O) groups excluding carboxylic acids is 4. The first-order valence-corrected chi connectivity index (χ1v) is 23.9. The van der Waals surface area contributed by atoms with Crippen LogP contribution in [0.4, 0.5) is 135 Å². The maximum atomic E-state index is 12.9. The van der Waals surface area contributed by atoms with Crippen molar-refractivity contribution in [3.8, 4) is 11.4 Å². The van der Waals surface area contributed by atoms with Crippen LogP contribution in [-0.4, -0.2) is 90.9 Å². The number of amides is 2. The highest BCUT2D eigenvalue weighted by atomic mass is 127. The maximum Gasteiger partial charge on any atom is 0.317 e. The number of fused-ring (bicyclic) bond motifs is 2. The SMILES string of the molecule is CC(C)(C)OC(=O)CC(=O)O.Cc1ccc(-c2noc(CC(=O)OC(C)(C)C)n2)cc1NC(=O)c1cnc2ccccn12.Cc1ccc(/C(N)=N/O)cc1NC(=O)c1cnc2ccccn12.F.FF.FF.FF.FF.FF.FF.FF.FF.FF.FF.FF.FF.FF.[2H]CI. The van der Waals surface area contributed by atoms with Crippen LogP contribution in [0.3, 0.4) is 0 Å². The minimum Gasteiger partial charge on any atom is -0.481 e. The number of anilines is 2. The van der Waals surface area contributed by atoms with E-state index in [9.17, 15) is 24.0 Å². The first kappa shape index (κ1) is 107. The van der Waals surface area contributed by atoms with E-state index >= 15 is 0 Å². The van der Waals surface area contributed by atoms with E-state index in [4.69, 9.17) is 150 Å². The fourth-order valence-electron chi connectivity index (χ4n) is 5.89. The van der Waals surface area contributed by atoms with Gasteiger partial charge in [-0.2, -0.15) is 4.98 Å². The lowest BCUT2D eigenvalue weighted by molar-refractivity contribution is -0.160. The summed E-state index contributed by atoms with van der Waals surface area (Å²) >= 11 is 1.96. The highest BCUT2D eigenvalue weighted by Gasteiger charge is 2.21. The highest BCUT2D eigenvalue weighted by molar-refractivity contribution is 14.1. The predicted octanol–water partition coefficient (Wildman–Crippen LogP) is 18.8. The standard InChI is InChI=1S/C23H23N5O4.C16H15N5O2.C7H12O4.CH3I.13F2.FH/c1-14-8-9-15(21-26-19(32-27-21)12-20(29)31-23(2,3)4)11-16(14)25-22(30)17-13-24-18-7-5-6-10-28(17)18;1-10-5-6-11(15(17)20-23)8-12(10)19-16(22)13-9-18-14-4-2-3-7-21(13)14;1-7(2,3)11-6(10)4-5(8)9;14*1-2;/h5-11,13H,12H2,1-4H3,(H,25,30);2-9,23H,1H3,(H2,17,20)(H,19,22);4H2,1-3H3,(H,8,9);1H3;;;;;;;;;;;;;;1H/i;;;1D;;;;;;;;;;;;;;. The van der Waals surface area contributed by atoms with Gasteiger partial charge in [0.1, 0.15) is 46.7 Å². The van der Waals surface area contributed by atoms with Gasteiger partial charge in [0, 0.05) is 155 Å². The van der Waals surface area contributed by atoms with Gasteiger partial charge in [-0.15, -0.1) is 0 Å². The van der Waals surface area contributed by atoms with Crippen LogP contribution in [0, 0.1) is 13.8 Å². The Balaban J connectivity index is -0.000000110. The van der Waals surface area contributed by atoms with Gasteiger partial charge in [0.15, 0.2) is 5.84 Å². The van der Waals surface area contributed by atoms with Crippen molar-refractivity contribution in [2.75, 3.05) is 15.5 Å². The van der Waals surface area contributed by atoms with Crippen LogP contribution in [-0.2, 0) is 30.3 Å². The highest BCUT2D eigenvalue weighted by Crippen LogP contribution is 2.25. The molecule has 20 nitrogen and oxygen atoms in total. The molecule has 2 amide bonds. The van der Waals surface area contributed by atoms with Crippen molar-refractivity contribution >= 4 is 80.8 Å². The number of esters is 2. The lowest BCUT2D eigenvalue weighted by Crippen LogP contribution is -2.25. The topological polar surface area (TPSA) is 280 Å². The zero-order valence-corrected chi connectivity index (χ0v) is 51.0. The Morgan fingerprint density at radius 3 is 1.32 bits per heavy atom. The molecule has 0 spiro atoms. The van der Waals surface area contributed by atoms with Crippen LogP contribution in [0.25, 0.3) is 22.7 Å². The van der Waals surface area contributed by atoms with Gasteiger partial charge in [0.2, 0.25) is 11.7 Å². The molecule has 48 heteroatoms. The third kappa shape index (κ3) is 47.9. The number of aliphatic carboxylic acids is 1. The number of rotatable bonds is 10. The van der Waals surface area contributed by atoms with Gasteiger partial charge >= 0.3 is 17.9 Å². The number of carboxylic acids is 1. The molecule has 5 heterocycles. The quantitative estimate of drug-likeness (QED) is 0.00980. The fraction of sp³-hybridized carbons (Fsp3) is 0.277. The molecule has 5 aromatic heterocycles. The van der Waals surface area contributed by atoms with Crippen LogP contribution >= 0.6 is 22.6 Å². The number of amidine groups is 1. The monoisotopic (exact) mass is 1560 g/mol. The number of nitrogens with two attached hydrogens (primary N) is 1. The summed E-state index contributed by atoms with van der Waals surface area (Å²) in [7, 11) is 0. The zero-order chi connectivity index (χ0) is 77.1. The molecule has 2 aromatic carbocycles. The molecule has 0 bridgehead atoms. The Hall–Kier alpha value is -9.58. The molecule has 0 atom stereocenters. The number of ether oxygens (including phenoxy) is 2. The number of imidazole rings is 2. The van der Waals surface area contributed by atoms with Crippen molar-refractivity contribution in [2.24, 2.45) is 10.9 Å². The summed E-state index contributed by atoms with van der Waals surface area (Å²) in [5.74, 6) is -2.44. The first-order valence-electron chi connectivity index (χ1n) is 23.1. The van der Waals surface area contributed by atoms with Gasteiger partial charge in [-0.25, -0.2) is 9.97 Å². The molecule has 7 aromatic rings. The Kier molecular flexibility index (Phi) is 80.9. The van der Waals surface area contributed by atoms with Crippen molar-refractivity contribution in [3.05, 3.63) is 132 Å². The number of aryl methyl sites for hydroxylation is 2. The van der Waals surface area contributed by atoms with Gasteiger partial charge in [-0.1, -0.05) is 69.3 Å². The number of aromatic nitrogens is 6. The van der Waals surface area contributed by atoms with E-state index in [1.165, 1.54) is 12.4 Å².